The summed E-state index contributed by atoms with van der Waals surface area (Å²) in [6.45, 7) is 2.32. The molecule has 16 heavy (non-hydrogen) atoms. The van der Waals surface area contributed by atoms with Crippen molar-refractivity contribution >= 4 is 18.3 Å². The van der Waals surface area contributed by atoms with E-state index in [2.05, 4.69) is 15.7 Å². The minimum absolute atomic E-state index is 0. The average Bonchev–Trinajstić information content (AvgIpc) is 2.90. The molecule has 2 heterocycles. The van der Waals surface area contributed by atoms with E-state index in [1.54, 1.807) is 6.20 Å². The van der Waals surface area contributed by atoms with Crippen LogP contribution in [0, 0.1) is 0 Å². The summed E-state index contributed by atoms with van der Waals surface area (Å²) in [5.74, 6) is 0.111. The number of halogens is 1. The smallest absolute Gasteiger partial charge is 0.237 e. The molecule has 1 saturated heterocycles. The van der Waals surface area contributed by atoms with Crippen LogP contribution in [0.4, 0.5) is 0 Å². The summed E-state index contributed by atoms with van der Waals surface area (Å²) < 4.78 is 1.81. The molecule has 0 aliphatic carbocycles. The van der Waals surface area contributed by atoms with Gasteiger partial charge in [0.05, 0.1) is 12.6 Å². The quantitative estimate of drug-likeness (QED) is 0.794. The van der Waals surface area contributed by atoms with Crippen molar-refractivity contribution in [3.05, 3.63) is 18.5 Å². The molecule has 1 atom stereocenters. The standard InChI is InChI=1S/C10H16N4O.ClH/c15-10(9-3-1-4-11-9)12-6-8-14-7-2-5-13-14;/h2,5,7,9,11H,1,3-4,6,8H2,(H,12,15);1H. The van der Waals surface area contributed by atoms with Crippen molar-refractivity contribution in [2.75, 3.05) is 13.1 Å². The van der Waals surface area contributed by atoms with E-state index in [9.17, 15) is 4.79 Å². The molecular formula is C10H17ClN4O. The summed E-state index contributed by atoms with van der Waals surface area (Å²) in [5.41, 5.74) is 0. The molecule has 1 unspecified atom stereocenters. The summed E-state index contributed by atoms with van der Waals surface area (Å²) in [4.78, 5) is 11.6. The SMILES string of the molecule is Cl.O=C(NCCn1cccn1)C1CCCN1. The van der Waals surface area contributed by atoms with E-state index in [4.69, 9.17) is 0 Å². The van der Waals surface area contributed by atoms with Gasteiger partial charge in [-0.3, -0.25) is 9.48 Å². The third-order valence-electron chi connectivity index (χ3n) is 2.58. The Hall–Kier alpha value is -1.07. The molecular weight excluding hydrogens is 228 g/mol. The van der Waals surface area contributed by atoms with Gasteiger partial charge in [0.1, 0.15) is 0 Å². The lowest BCUT2D eigenvalue weighted by Crippen LogP contribution is -2.41. The fraction of sp³-hybridized carbons (Fsp3) is 0.600. The topological polar surface area (TPSA) is 59.0 Å². The molecule has 0 bridgehead atoms. The van der Waals surface area contributed by atoms with Gasteiger partial charge in [0.2, 0.25) is 5.91 Å². The van der Waals surface area contributed by atoms with Crippen LogP contribution in [0.2, 0.25) is 0 Å². The number of nitrogens with zero attached hydrogens (tertiary/aromatic N) is 2. The molecule has 0 aromatic carbocycles. The Bertz CT molecular complexity index is 309. The molecule has 5 nitrogen and oxygen atoms in total. The maximum atomic E-state index is 11.6. The van der Waals surface area contributed by atoms with Crippen molar-refractivity contribution in [3.8, 4) is 0 Å². The van der Waals surface area contributed by atoms with Crippen LogP contribution in [-0.4, -0.2) is 34.8 Å². The van der Waals surface area contributed by atoms with Gasteiger partial charge < -0.3 is 10.6 Å². The first kappa shape index (κ1) is 13.0. The fourth-order valence-corrected chi connectivity index (χ4v) is 1.76. The van der Waals surface area contributed by atoms with E-state index >= 15 is 0 Å². The Labute approximate surface area is 101 Å². The predicted molar refractivity (Wildman–Crippen MR) is 63.5 cm³/mol. The summed E-state index contributed by atoms with van der Waals surface area (Å²) in [6.07, 6.45) is 5.67. The zero-order chi connectivity index (χ0) is 10.5. The number of hydrogen-bond acceptors (Lipinski definition) is 3. The maximum absolute atomic E-state index is 11.6. The van der Waals surface area contributed by atoms with Crippen molar-refractivity contribution < 1.29 is 4.79 Å². The molecule has 1 aliphatic heterocycles. The number of amides is 1. The molecule has 1 aromatic heterocycles. The number of nitrogens with one attached hydrogen (secondary N) is 2. The van der Waals surface area contributed by atoms with Crippen LogP contribution < -0.4 is 10.6 Å². The molecule has 0 radical (unpaired) electrons. The first-order valence-corrected chi connectivity index (χ1v) is 5.35. The highest BCUT2D eigenvalue weighted by Crippen LogP contribution is 2.04. The van der Waals surface area contributed by atoms with Gasteiger partial charge in [0.15, 0.2) is 0 Å². The van der Waals surface area contributed by atoms with Crippen LogP contribution in [0.5, 0.6) is 0 Å². The van der Waals surface area contributed by atoms with Gasteiger partial charge in [-0.2, -0.15) is 5.10 Å². The zero-order valence-corrected chi connectivity index (χ0v) is 9.87. The van der Waals surface area contributed by atoms with Crippen molar-refractivity contribution in [2.45, 2.75) is 25.4 Å². The lowest BCUT2D eigenvalue weighted by Gasteiger charge is -2.10. The Kier molecular flexibility index (Phi) is 5.28. The molecule has 90 valence electrons. The van der Waals surface area contributed by atoms with E-state index in [1.807, 2.05) is 16.9 Å². The Morgan fingerprint density at radius 1 is 1.62 bits per heavy atom. The third-order valence-corrected chi connectivity index (χ3v) is 2.58. The summed E-state index contributed by atoms with van der Waals surface area (Å²) in [5, 5.41) is 10.1. The van der Waals surface area contributed by atoms with Gasteiger partial charge in [-0.15, -0.1) is 12.4 Å². The second-order valence-corrected chi connectivity index (χ2v) is 3.71. The molecule has 1 aromatic rings. The van der Waals surface area contributed by atoms with Crippen LogP contribution in [0.25, 0.3) is 0 Å². The highest BCUT2D eigenvalue weighted by Gasteiger charge is 2.20. The van der Waals surface area contributed by atoms with Gasteiger partial charge >= 0.3 is 0 Å². The summed E-state index contributed by atoms with van der Waals surface area (Å²) >= 11 is 0. The van der Waals surface area contributed by atoms with Crippen molar-refractivity contribution in [3.63, 3.8) is 0 Å². The van der Waals surface area contributed by atoms with Crippen molar-refractivity contribution in [2.24, 2.45) is 0 Å². The summed E-state index contributed by atoms with van der Waals surface area (Å²) in [6, 6.07) is 1.89. The molecule has 2 N–H and O–H groups in total. The van der Waals surface area contributed by atoms with Crippen molar-refractivity contribution in [1.82, 2.24) is 20.4 Å². The van der Waals surface area contributed by atoms with Gasteiger partial charge in [-0.05, 0) is 25.5 Å². The monoisotopic (exact) mass is 244 g/mol. The fourth-order valence-electron chi connectivity index (χ4n) is 1.76. The van der Waals surface area contributed by atoms with Crippen LogP contribution >= 0.6 is 12.4 Å². The molecule has 6 heteroatoms. The highest BCUT2D eigenvalue weighted by atomic mass is 35.5. The number of rotatable bonds is 4. The van der Waals surface area contributed by atoms with E-state index < -0.39 is 0 Å². The van der Waals surface area contributed by atoms with Crippen LogP contribution in [0.15, 0.2) is 18.5 Å². The average molecular weight is 245 g/mol. The van der Waals surface area contributed by atoms with E-state index in [0.29, 0.717) is 6.54 Å². The molecule has 2 rings (SSSR count). The van der Waals surface area contributed by atoms with Crippen LogP contribution in [-0.2, 0) is 11.3 Å². The molecule has 0 spiro atoms. The van der Waals surface area contributed by atoms with Crippen LogP contribution in [0.3, 0.4) is 0 Å². The second kappa shape index (κ2) is 6.50. The van der Waals surface area contributed by atoms with Gasteiger partial charge in [-0.25, -0.2) is 0 Å². The second-order valence-electron chi connectivity index (χ2n) is 3.71. The first-order valence-electron chi connectivity index (χ1n) is 5.35. The van der Waals surface area contributed by atoms with E-state index in [0.717, 1.165) is 25.9 Å². The molecule has 0 saturated carbocycles. The Morgan fingerprint density at radius 2 is 2.50 bits per heavy atom. The summed E-state index contributed by atoms with van der Waals surface area (Å²) in [7, 11) is 0. The van der Waals surface area contributed by atoms with Gasteiger partial charge in [-0.1, -0.05) is 0 Å². The Balaban J connectivity index is 0.00000128. The first-order chi connectivity index (χ1) is 7.36. The largest absolute Gasteiger partial charge is 0.353 e. The highest BCUT2D eigenvalue weighted by molar-refractivity contribution is 5.85. The van der Waals surface area contributed by atoms with Crippen molar-refractivity contribution in [1.29, 1.82) is 0 Å². The molecule has 1 amide bonds. The molecule has 1 aliphatic rings. The predicted octanol–water partition coefficient (Wildman–Crippen LogP) is 0.173. The number of hydrogen-bond donors (Lipinski definition) is 2. The minimum Gasteiger partial charge on any atom is -0.353 e. The third kappa shape index (κ3) is 3.50. The normalized spacial score (nSPS) is 19.1. The maximum Gasteiger partial charge on any atom is 0.237 e. The molecule has 1 fully saturated rings. The van der Waals surface area contributed by atoms with Crippen LogP contribution in [0.1, 0.15) is 12.8 Å². The zero-order valence-electron chi connectivity index (χ0n) is 9.06. The minimum atomic E-state index is 0. The number of carbonyl (C=O) groups excluding carboxylic acids is 1. The van der Waals surface area contributed by atoms with Gasteiger partial charge in [0.25, 0.3) is 0 Å². The number of aromatic nitrogens is 2. The van der Waals surface area contributed by atoms with E-state index in [1.165, 1.54) is 0 Å². The van der Waals surface area contributed by atoms with Gasteiger partial charge in [0, 0.05) is 18.9 Å². The lowest BCUT2D eigenvalue weighted by molar-refractivity contribution is -0.122. The lowest BCUT2D eigenvalue weighted by atomic mass is 10.2. The van der Waals surface area contributed by atoms with E-state index in [-0.39, 0.29) is 24.4 Å². The number of carbonyl (C=O) groups is 1. The Morgan fingerprint density at radius 3 is 3.12 bits per heavy atom.